The SMILES string of the molecule is COc1cc(/C(C)=N\NC(=O)COc2ccccc2F)ccc1OC(F)F. The van der Waals surface area contributed by atoms with E-state index in [1.54, 1.807) is 13.0 Å². The van der Waals surface area contributed by atoms with E-state index in [0.29, 0.717) is 11.3 Å². The molecule has 6 nitrogen and oxygen atoms in total. The molecule has 0 aromatic heterocycles. The smallest absolute Gasteiger partial charge is 0.387 e. The molecule has 0 spiro atoms. The second-order valence-corrected chi connectivity index (χ2v) is 5.20. The lowest BCUT2D eigenvalue weighted by Gasteiger charge is -2.11. The molecule has 0 unspecified atom stereocenters. The summed E-state index contributed by atoms with van der Waals surface area (Å²) in [4.78, 5) is 11.8. The van der Waals surface area contributed by atoms with Crippen LogP contribution in [0.1, 0.15) is 12.5 Å². The minimum Gasteiger partial charge on any atom is -0.493 e. The number of ether oxygens (including phenoxy) is 3. The van der Waals surface area contributed by atoms with Gasteiger partial charge in [0, 0.05) is 5.56 Å². The standard InChI is InChI=1S/C18H17F3N2O4/c1-11(12-7-8-15(27-18(20)21)16(9-12)25-2)22-23-17(24)10-26-14-6-4-3-5-13(14)19/h3-9,18H,10H2,1-2H3,(H,23,24)/b22-11-. The predicted molar refractivity (Wildman–Crippen MR) is 91.9 cm³/mol. The lowest BCUT2D eigenvalue weighted by atomic mass is 10.1. The van der Waals surface area contributed by atoms with E-state index in [4.69, 9.17) is 9.47 Å². The van der Waals surface area contributed by atoms with Crippen molar-refractivity contribution in [3.05, 3.63) is 53.8 Å². The lowest BCUT2D eigenvalue weighted by Crippen LogP contribution is -2.25. The van der Waals surface area contributed by atoms with Gasteiger partial charge in [0.2, 0.25) is 0 Å². The molecule has 0 fully saturated rings. The molecule has 0 aliphatic heterocycles. The molecule has 0 heterocycles. The maximum absolute atomic E-state index is 13.4. The number of hydrogen-bond donors (Lipinski definition) is 1. The Bertz CT molecular complexity index is 828. The maximum Gasteiger partial charge on any atom is 0.387 e. The van der Waals surface area contributed by atoms with Crippen molar-refractivity contribution < 1.29 is 32.2 Å². The molecule has 0 atom stereocenters. The van der Waals surface area contributed by atoms with E-state index in [9.17, 15) is 18.0 Å². The maximum atomic E-state index is 13.4. The van der Waals surface area contributed by atoms with E-state index < -0.39 is 24.9 Å². The molecule has 0 radical (unpaired) electrons. The van der Waals surface area contributed by atoms with Crippen LogP contribution in [0, 0.1) is 5.82 Å². The van der Waals surface area contributed by atoms with Crippen molar-refractivity contribution in [2.24, 2.45) is 5.10 Å². The fraction of sp³-hybridized carbons (Fsp3) is 0.222. The molecule has 0 bridgehead atoms. The van der Waals surface area contributed by atoms with Crippen LogP contribution in [0.5, 0.6) is 17.2 Å². The van der Waals surface area contributed by atoms with Crippen molar-refractivity contribution in [3.8, 4) is 17.2 Å². The van der Waals surface area contributed by atoms with Crippen molar-refractivity contribution in [1.82, 2.24) is 5.43 Å². The first-order chi connectivity index (χ1) is 12.9. The Morgan fingerprint density at radius 2 is 1.89 bits per heavy atom. The Morgan fingerprint density at radius 1 is 1.15 bits per heavy atom. The first-order valence-corrected chi connectivity index (χ1v) is 7.74. The normalized spacial score (nSPS) is 11.3. The number of hydrogen-bond acceptors (Lipinski definition) is 5. The number of hydrazone groups is 1. The summed E-state index contributed by atoms with van der Waals surface area (Å²) >= 11 is 0. The monoisotopic (exact) mass is 382 g/mol. The van der Waals surface area contributed by atoms with E-state index in [-0.39, 0.29) is 17.2 Å². The number of nitrogens with one attached hydrogen (secondary N) is 1. The van der Waals surface area contributed by atoms with Crippen molar-refractivity contribution in [2.75, 3.05) is 13.7 Å². The molecule has 144 valence electrons. The summed E-state index contributed by atoms with van der Waals surface area (Å²) in [5, 5.41) is 3.89. The van der Waals surface area contributed by atoms with Crippen LogP contribution in [-0.2, 0) is 4.79 Å². The van der Waals surface area contributed by atoms with Gasteiger partial charge in [0.15, 0.2) is 29.7 Å². The molecule has 27 heavy (non-hydrogen) atoms. The number of alkyl halides is 2. The summed E-state index contributed by atoms with van der Waals surface area (Å²) in [6.45, 7) is -1.81. The summed E-state index contributed by atoms with van der Waals surface area (Å²) in [5.41, 5.74) is 3.17. The van der Waals surface area contributed by atoms with Crippen LogP contribution in [0.4, 0.5) is 13.2 Å². The molecule has 0 aliphatic carbocycles. The highest BCUT2D eigenvalue weighted by molar-refractivity contribution is 5.99. The van der Waals surface area contributed by atoms with Crippen LogP contribution in [0.15, 0.2) is 47.6 Å². The van der Waals surface area contributed by atoms with Gasteiger partial charge in [-0.1, -0.05) is 12.1 Å². The van der Waals surface area contributed by atoms with Gasteiger partial charge in [-0.2, -0.15) is 13.9 Å². The van der Waals surface area contributed by atoms with Gasteiger partial charge in [-0.15, -0.1) is 0 Å². The zero-order valence-corrected chi connectivity index (χ0v) is 14.5. The van der Waals surface area contributed by atoms with Gasteiger partial charge in [-0.3, -0.25) is 4.79 Å². The van der Waals surface area contributed by atoms with Crippen LogP contribution >= 0.6 is 0 Å². The summed E-state index contributed by atoms with van der Waals surface area (Å²) in [6, 6.07) is 9.92. The number of para-hydroxylation sites is 1. The van der Waals surface area contributed by atoms with Gasteiger partial charge in [-0.25, -0.2) is 9.82 Å². The van der Waals surface area contributed by atoms with Crippen molar-refractivity contribution >= 4 is 11.6 Å². The fourth-order valence-electron chi connectivity index (χ4n) is 2.03. The van der Waals surface area contributed by atoms with E-state index in [1.807, 2.05) is 0 Å². The predicted octanol–water partition coefficient (Wildman–Crippen LogP) is 3.35. The number of nitrogens with zero attached hydrogens (tertiary/aromatic N) is 1. The minimum absolute atomic E-state index is 0.0484. The van der Waals surface area contributed by atoms with Gasteiger partial charge in [0.1, 0.15) is 0 Å². The highest BCUT2D eigenvalue weighted by Crippen LogP contribution is 2.29. The lowest BCUT2D eigenvalue weighted by molar-refractivity contribution is -0.123. The number of halogens is 3. The third-order valence-electron chi connectivity index (χ3n) is 3.34. The van der Waals surface area contributed by atoms with Gasteiger partial charge < -0.3 is 14.2 Å². The first kappa shape index (κ1) is 20.1. The summed E-state index contributed by atoms with van der Waals surface area (Å²) in [7, 11) is 1.31. The van der Waals surface area contributed by atoms with Crippen LogP contribution < -0.4 is 19.6 Å². The number of methoxy groups -OCH3 is 1. The second kappa shape index (κ2) is 9.46. The first-order valence-electron chi connectivity index (χ1n) is 7.74. The minimum atomic E-state index is -2.98. The molecule has 0 aliphatic rings. The Morgan fingerprint density at radius 3 is 2.56 bits per heavy atom. The fourth-order valence-corrected chi connectivity index (χ4v) is 2.03. The van der Waals surface area contributed by atoms with Gasteiger partial charge in [0.25, 0.3) is 5.91 Å². The van der Waals surface area contributed by atoms with Crippen LogP contribution in [0.2, 0.25) is 0 Å². The zero-order valence-electron chi connectivity index (χ0n) is 14.5. The summed E-state index contributed by atoms with van der Waals surface area (Å²) in [5.74, 6) is -1.25. The molecule has 9 heteroatoms. The Kier molecular flexibility index (Phi) is 7.04. The molecule has 1 N–H and O–H groups in total. The van der Waals surface area contributed by atoms with E-state index in [2.05, 4.69) is 15.3 Å². The molecule has 2 aromatic rings. The largest absolute Gasteiger partial charge is 0.493 e. The quantitative estimate of drug-likeness (QED) is 0.562. The molecule has 0 saturated carbocycles. The van der Waals surface area contributed by atoms with Crippen LogP contribution in [-0.4, -0.2) is 31.9 Å². The number of amides is 1. The van der Waals surface area contributed by atoms with E-state index >= 15 is 0 Å². The van der Waals surface area contributed by atoms with Crippen molar-refractivity contribution in [3.63, 3.8) is 0 Å². The molecular formula is C18H17F3N2O4. The number of carbonyl (C=O) groups excluding carboxylic acids is 1. The highest BCUT2D eigenvalue weighted by atomic mass is 19.3. The topological polar surface area (TPSA) is 69.2 Å². The van der Waals surface area contributed by atoms with E-state index in [1.165, 1.54) is 43.5 Å². The third kappa shape index (κ3) is 5.91. The molecule has 0 saturated heterocycles. The van der Waals surface area contributed by atoms with E-state index in [0.717, 1.165) is 0 Å². The average molecular weight is 382 g/mol. The van der Waals surface area contributed by atoms with Crippen molar-refractivity contribution in [2.45, 2.75) is 13.5 Å². The van der Waals surface area contributed by atoms with Gasteiger partial charge in [-0.05, 0) is 37.3 Å². The van der Waals surface area contributed by atoms with Gasteiger partial charge in [0.05, 0.1) is 12.8 Å². The molecular weight excluding hydrogens is 365 g/mol. The Hall–Kier alpha value is -3.23. The number of benzene rings is 2. The number of carbonyl (C=O) groups is 1. The van der Waals surface area contributed by atoms with Crippen LogP contribution in [0.3, 0.4) is 0 Å². The molecule has 1 amide bonds. The summed E-state index contributed by atoms with van der Waals surface area (Å²) < 4.78 is 52.5. The Labute approximate surface area is 153 Å². The summed E-state index contributed by atoms with van der Waals surface area (Å²) in [6.07, 6.45) is 0. The third-order valence-corrected chi connectivity index (χ3v) is 3.34. The Balaban J connectivity index is 1.98. The second-order valence-electron chi connectivity index (χ2n) is 5.20. The molecule has 2 rings (SSSR count). The van der Waals surface area contributed by atoms with Crippen molar-refractivity contribution in [1.29, 1.82) is 0 Å². The van der Waals surface area contributed by atoms with Crippen LogP contribution in [0.25, 0.3) is 0 Å². The zero-order chi connectivity index (χ0) is 19.8. The highest BCUT2D eigenvalue weighted by Gasteiger charge is 2.12. The average Bonchev–Trinajstić information content (AvgIpc) is 2.65. The number of rotatable bonds is 8. The molecule has 2 aromatic carbocycles. The van der Waals surface area contributed by atoms with Gasteiger partial charge >= 0.3 is 6.61 Å².